The largest absolute Gasteiger partial charge is 0.288 e. The first-order valence-corrected chi connectivity index (χ1v) is 7.19. The van der Waals surface area contributed by atoms with Crippen LogP contribution in [0.2, 0.25) is 5.02 Å². The predicted molar refractivity (Wildman–Crippen MR) is 81.7 cm³/mol. The SMILES string of the molecule is O=C(c1ccc(I)cc1)c1ccc(Br)c(Cl)c1F. The van der Waals surface area contributed by atoms with Gasteiger partial charge in [-0.05, 0) is 74.9 Å². The van der Waals surface area contributed by atoms with Gasteiger partial charge in [0.25, 0.3) is 0 Å². The van der Waals surface area contributed by atoms with Gasteiger partial charge in [-0.3, -0.25) is 4.79 Å². The molecule has 0 unspecified atom stereocenters. The van der Waals surface area contributed by atoms with Crippen LogP contribution >= 0.6 is 50.1 Å². The van der Waals surface area contributed by atoms with Crippen LogP contribution in [0.15, 0.2) is 40.9 Å². The van der Waals surface area contributed by atoms with Gasteiger partial charge in [-0.2, -0.15) is 0 Å². The summed E-state index contributed by atoms with van der Waals surface area (Å²) in [6, 6.07) is 9.91. The van der Waals surface area contributed by atoms with Crippen molar-refractivity contribution in [3.05, 3.63) is 66.4 Å². The second kappa shape index (κ2) is 5.67. The summed E-state index contributed by atoms with van der Waals surface area (Å²) in [7, 11) is 0. The fourth-order valence-corrected chi connectivity index (χ4v) is 2.29. The lowest BCUT2D eigenvalue weighted by atomic mass is 10.0. The minimum atomic E-state index is -0.699. The molecule has 0 spiro atoms. The van der Waals surface area contributed by atoms with E-state index in [-0.39, 0.29) is 16.4 Å². The number of halogens is 4. The third kappa shape index (κ3) is 2.75. The minimum Gasteiger partial charge on any atom is -0.288 e. The second-order valence-corrected chi connectivity index (χ2v) is 6.04. The van der Waals surface area contributed by atoms with Crippen LogP contribution < -0.4 is 0 Å². The molecule has 0 radical (unpaired) electrons. The molecule has 92 valence electrons. The zero-order chi connectivity index (χ0) is 13.3. The molecule has 0 amide bonds. The van der Waals surface area contributed by atoms with Crippen LogP contribution in [-0.2, 0) is 0 Å². The average Bonchev–Trinajstić information content (AvgIpc) is 2.36. The highest BCUT2D eigenvalue weighted by Gasteiger charge is 2.17. The van der Waals surface area contributed by atoms with E-state index in [0.717, 1.165) is 3.57 Å². The highest BCUT2D eigenvalue weighted by atomic mass is 127. The fraction of sp³-hybridized carbons (Fsp3) is 0. The third-order valence-electron chi connectivity index (χ3n) is 2.39. The van der Waals surface area contributed by atoms with Crippen molar-refractivity contribution in [3.8, 4) is 0 Å². The van der Waals surface area contributed by atoms with Crippen LogP contribution in [0, 0.1) is 9.39 Å². The summed E-state index contributed by atoms with van der Waals surface area (Å²) in [5.74, 6) is -1.08. The molecule has 5 heteroatoms. The Morgan fingerprint density at radius 1 is 1.17 bits per heavy atom. The Hall–Kier alpha value is -0.460. The van der Waals surface area contributed by atoms with Gasteiger partial charge < -0.3 is 0 Å². The van der Waals surface area contributed by atoms with Crippen molar-refractivity contribution in [2.75, 3.05) is 0 Å². The Morgan fingerprint density at radius 2 is 1.78 bits per heavy atom. The fourth-order valence-electron chi connectivity index (χ4n) is 1.46. The monoisotopic (exact) mass is 438 g/mol. The van der Waals surface area contributed by atoms with Crippen molar-refractivity contribution in [1.29, 1.82) is 0 Å². The quantitative estimate of drug-likeness (QED) is 0.363. The highest BCUT2D eigenvalue weighted by molar-refractivity contribution is 14.1. The minimum absolute atomic E-state index is 0.0237. The molecular weight excluding hydrogens is 433 g/mol. The standard InChI is InChI=1S/C13H6BrClFIO/c14-10-6-5-9(12(16)11(10)15)13(18)7-1-3-8(17)4-2-7/h1-6H. The first-order valence-electron chi connectivity index (χ1n) is 4.94. The Labute approximate surface area is 131 Å². The first kappa shape index (κ1) is 14.0. The van der Waals surface area contributed by atoms with Crippen LogP contribution in [0.25, 0.3) is 0 Å². The van der Waals surface area contributed by atoms with E-state index < -0.39 is 5.82 Å². The number of carbonyl (C=O) groups excluding carboxylic acids is 1. The zero-order valence-electron chi connectivity index (χ0n) is 8.88. The van der Waals surface area contributed by atoms with Gasteiger partial charge in [-0.25, -0.2) is 4.39 Å². The molecule has 0 saturated heterocycles. The third-order valence-corrected chi connectivity index (χ3v) is 4.36. The lowest BCUT2D eigenvalue weighted by molar-refractivity contribution is 0.103. The molecule has 18 heavy (non-hydrogen) atoms. The van der Waals surface area contributed by atoms with Crippen LogP contribution in [0.5, 0.6) is 0 Å². The summed E-state index contributed by atoms with van der Waals surface area (Å²) in [5, 5.41) is -0.0774. The van der Waals surface area contributed by atoms with Gasteiger partial charge >= 0.3 is 0 Å². The smallest absolute Gasteiger partial charge is 0.196 e. The molecule has 0 aromatic heterocycles. The zero-order valence-corrected chi connectivity index (χ0v) is 13.4. The van der Waals surface area contributed by atoms with E-state index in [0.29, 0.717) is 10.0 Å². The molecule has 0 N–H and O–H groups in total. The number of rotatable bonds is 2. The van der Waals surface area contributed by atoms with Gasteiger partial charge in [0, 0.05) is 13.6 Å². The van der Waals surface area contributed by atoms with Crippen LogP contribution in [0.3, 0.4) is 0 Å². The Morgan fingerprint density at radius 3 is 2.39 bits per heavy atom. The summed E-state index contributed by atoms with van der Waals surface area (Å²) >= 11 is 11.0. The summed E-state index contributed by atoms with van der Waals surface area (Å²) in [5.41, 5.74) is 0.414. The second-order valence-electron chi connectivity index (χ2n) is 3.56. The molecule has 0 saturated carbocycles. The first-order chi connectivity index (χ1) is 8.50. The maximum atomic E-state index is 13.9. The number of benzene rings is 2. The van der Waals surface area contributed by atoms with Gasteiger partial charge in [0.1, 0.15) is 0 Å². The van der Waals surface area contributed by atoms with Gasteiger partial charge in [0.15, 0.2) is 11.6 Å². The van der Waals surface area contributed by atoms with Crippen LogP contribution in [0.1, 0.15) is 15.9 Å². The molecule has 0 aliphatic heterocycles. The molecule has 0 aliphatic rings. The lowest BCUT2D eigenvalue weighted by Crippen LogP contribution is -2.04. The van der Waals surface area contributed by atoms with E-state index in [1.54, 1.807) is 30.3 Å². The van der Waals surface area contributed by atoms with Gasteiger partial charge in [0.05, 0.1) is 10.6 Å². The Balaban J connectivity index is 2.46. The van der Waals surface area contributed by atoms with Crippen molar-refractivity contribution in [1.82, 2.24) is 0 Å². The van der Waals surface area contributed by atoms with E-state index in [1.165, 1.54) is 6.07 Å². The Bertz CT molecular complexity index is 613. The van der Waals surface area contributed by atoms with Crippen molar-refractivity contribution >= 4 is 55.9 Å². The highest BCUT2D eigenvalue weighted by Crippen LogP contribution is 2.28. The van der Waals surface area contributed by atoms with Crippen LogP contribution in [0.4, 0.5) is 4.39 Å². The molecule has 0 bridgehead atoms. The number of carbonyl (C=O) groups is 1. The summed E-state index contributed by atoms with van der Waals surface area (Å²) in [6.07, 6.45) is 0. The molecule has 0 fully saturated rings. The molecule has 2 aromatic rings. The molecule has 1 nitrogen and oxygen atoms in total. The summed E-state index contributed by atoms with van der Waals surface area (Å²) < 4.78 is 15.3. The number of ketones is 1. The summed E-state index contributed by atoms with van der Waals surface area (Å²) in [6.45, 7) is 0. The van der Waals surface area contributed by atoms with E-state index in [1.807, 2.05) is 0 Å². The Kier molecular flexibility index (Phi) is 4.40. The van der Waals surface area contributed by atoms with Crippen molar-refractivity contribution in [2.45, 2.75) is 0 Å². The normalized spacial score (nSPS) is 10.4. The van der Waals surface area contributed by atoms with E-state index in [9.17, 15) is 9.18 Å². The van der Waals surface area contributed by atoms with Crippen molar-refractivity contribution < 1.29 is 9.18 Å². The number of hydrogen-bond acceptors (Lipinski definition) is 1. The van der Waals surface area contributed by atoms with Gasteiger partial charge in [0.2, 0.25) is 0 Å². The molecule has 0 atom stereocenters. The molecule has 0 heterocycles. The maximum Gasteiger partial charge on any atom is 0.196 e. The molecule has 2 aromatic carbocycles. The molecule has 0 aliphatic carbocycles. The van der Waals surface area contributed by atoms with Gasteiger partial charge in [-0.1, -0.05) is 11.6 Å². The topological polar surface area (TPSA) is 17.1 Å². The summed E-state index contributed by atoms with van der Waals surface area (Å²) in [4.78, 5) is 12.1. The lowest BCUT2D eigenvalue weighted by Gasteiger charge is -2.05. The predicted octanol–water partition coefficient (Wildman–Crippen LogP) is 5.08. The maximum absolute atomic E-state index is 13.9. The average molecular weight is 439 g/mol. The molecule has 2 rings (SSSR count). The molecular formula is C13H6BrClFIO. The number of hydrogen-bond donors (Lipinski definition) is 0. The van der Waals surface area contributed by atoms with E-state index >= 15 is 0 Å². The van der Waals surface area contributed by atoms with E-state index in [4.69, 9.17) is 11.6 Å². The van der Waals surface area contributed by atoms with Crippen molar-refractivity contribution in [3.63, 3.8) is 0 Å². The van der Waals surface area contributed by atoms with Crippen LogP contribution in [-0.4, -0.2) is 5.78 Å². The van der Waals surface area contributed by atoms with Gasteiger partial charge in [-0.15, -0.1) is 0 Å². The van der Waals surface area contributed by atoms with E-state index in [2.05, 4.69) is 38.5 Å². The van der Waals surface area contributed by atoms with Crippen molar-refractivity contribution in [2.24, 2.45) is 0 Å².